The highest BCUT2D eigenvalue weighted by Gasteiger charge is 2.34. The molecule has 1 saturated heterocycles. The lowest BCUT2D eigenvalue weighted by Crippen LogP contribution is -2.42. The molecular formula is C19H21N3O3S. The molecule has 1 atom stereocenters. The fraction of sp³-hybridized carbons (Fsp3) is 0.421. The summed E-state index contributed by atoms with van der Waals surface area (Å²) in [5.41, 5.74) is 4.28. The topological polar surface area (TPSA) is 71.5 Å². The van der Waals surface area contributed by atoms with Gasteiger partial charge in [0.1, 0.15) is 6.61 Å². The van der Waals surface area contributed by atoms with E-state index in [9.17, 15) is 9.59 Å². The van der Waals surface area contributed by atoms with E-state index in [-0.39, 0.29) is 24.6 Å². The molecule has 0 spiro atoms. The highest BCUT2D eigenvalue weighted by atomic mass is 32.1. The van der Waals surface area contributed by atoms with Crippen molar-refractivity contribution in [3.05, 3.63) is 33.6 Å². The van der Waals surface area contributed by atoms with Crippen LogP contribution in [0.15, 0.2) is 18.2 Å². The van der Waals surface area contributed by atoms with Crippen LogP contribution in [-0.4, -0.2) is 36.2 Å². The number of anilines is 1. The zero-order valence-corrected chi connectivity index (χ0v) is 15.7. The Kier molecular flexibility index (Phi) is 4.40. The summed E-state index contributed by atoms with van der Waals surface area (Å²) in [5, 5.41) is 3.86. The SMILES string of the molecule is CC(=O)NC[C@H]1COC(=O)N1c1ccc2c(c1)CCCc1sc(C)nc1-2. The Balaban J connectivity index is 1.67. The Bertz CT molecular complexity index is 877. The van der Waals surface area contributed by atoms with Gasteiger partial charge in [-0.25, -0.2) is 9.78 Å². The van der Waals surface area contributed by atoms with Crippen LogP contribution in [0.1, 0.15) is 28.8 Å². The second-order valence-electron chi connectivity index (χ2n) is 6.74. The molecule has 26 heavy (non-hydrogen) atoms. The van der Waals surface area contributed by atoms with Gasteiger partial charge in [-0.2, -0.15) is 0 Å². The molecule has 136 valence electrons. The number of rotatable bonds is 3. The van der Waals surface area contributed by atoms with Gasteiger partial charge in [0.05, 0.1) is 16.7 Å². The summed E-state index contributed by atoms with van der Waals surface area (Å²) in [5.74, 6) is -0.113. The largest absolute Gasteiger partial charge is 0.447 e. The molecule has 0 bridgehead atoms. The molecule has 0 unspecified atom stereocenters. The van der Waals surface area contributed by atoms with Gasteiger partial charge in [-0.3, -0.25) is 9.69 Å². The minimum Gasteiger partial charge on any atom is -0.447 e. The second kappa shape index (κ2) is 6.72. The third-order valence-corrected chi connectivity index (χ3v) is 5.85. The molecule has 1 aromatic heterocycles. The van der Waals surface area contributed by atoms with Crippen molar-refractivity contribution < 1.29 is 14.3 Å². The lowest BCUT2D eigenvalue weighted by Gasteiger charge is -2.22. The molecular weight excluding hydrogens is 350 g/mol. The molecule has 6 nitrogen and oxygen atoms in total. The first-order valence-corrected chi connectivity index (χ1v) is 9.64. The van der Waals surface area contributed by atoms with Crippen LogP contribution in [0.4, 0.5) is 10.5 Å². The van der Waals surface area contributed by atoms with Crippen LogP contribution in [-0.2, 0) is 22.4 Å². The summed E-state index contributed by atoms with van der Waals surface area (Å²) < 4.78 is 5.22. The maximum atomic E-state index is 12.2. The molecule has 1 aromatic carbocycles. The number of nitrogens with zero attached hydrogens (tertiary/aromatic N) is 2. The summed E-state index contributed by atoms with van der Waals surface area (Å²) in [4.78, 5) is 31.2. The molecule has 4 rings (SSSR count). The number of carbonyl (C=O) groups excluding carboxylic acids is 2. The fourth-order valence-electron chi connectivity index (χ4n) is 3.64. The number of nitrogens with one attached hydrogen (secondary N) is 1. The average Bonchev–Trinajstić information content (AvgIpc) is 3.10. The van der Waals surface area contributed by atoms with Gasteiger partial charge in [-0.15, -0.1) is 11.3 Å². The third-order valence-electron chi connectivity index (χ3n) is 4.82. The number of carbonyl (C=O) groups is 2. The molecule has 2 aromatic rings. The van der Waals surface area contributed by atoms with Crippen LogP contribution >= 0.6 is 11.3 Å². The zero-order valence-electron chi connectivity index (χ0n) is 14.9. The average molecular weight is 371 g/mol. The number of amides is 2. The van der Waals surface area contributed by atoms with Crippen molar-refractivity contribution in [2.24, 2.45) is 0 Å². The third kappa shape index (κ3) is 3.07. The second-order valence-corrected chi connectivity index (χ2v) is 8.03. The summed E-state index contributed by atoms with van der Waals surface area (Å²) in [7, 11) is 0. The first kappa shape index (κ1) is 17.0. The van der Waals surface area contributed by atoms with Crippen LogP contribution in [0.3, 0.4) is 0 Å². The molecule has 2 amide bonds. The number of benzene rings is 1. The van der Waals surface area contributed by atoms with Crippen molar-refractivity contribution in [1.82, 2.24) is 10.3 Å². The van der Waals surface area contributed by atoms with Gasteiger partial charge in [-0.05, 0) is 43.9 Å². The molecule has 1 fully saturated rings. The predicted octanol–water partition coefficient (Wildman–Crippen LogP) is 3.07. The lowest BCUT2D eigenvalue weighted by atomic mass is 10.0. The van der Waals surface area contributed by atoms with E-state index in [1.165, 1.54) is 17.4 Å². The van der Waals surface area contributed by atoms with Crippen molar-refractivity contribution in [3.63, 3.8) is 0 Å². The number of ether oxygens (including phenoxy) is 1. The Labute approximate surface area is 156 Å². The lowest BCUT2D eigenvalue weighted by molar-refractivity contribution is -0.119. The summed E-state index contributed by atoms with van der Waals surface area (Å²) in [6.07, 6.45) is 2.72. The van der Waals surface area contributed by atoms with E-state index in [0.717, 1.165) is 41.2 Å². The zero-order chi connectivity index (χ0) is 18.3. The number of cyclic esters (lactones) is 1. The van der Waals surface area contributed by atoms with Crippen molar-refractivity contribution in [3.8, 4) is 11.3 Å². The first-order chi connectivity index (χ1) is 12.5. The van der Waals surface area contributed by atoms with Crippen molar-refractivity contribution >= 4 is 29.0 Å². The number of thiazole rings is 1. The molecule has 1 aliphatic carbocycles. The summed E-state index contributed by atoms with van der Waals surface area (Å²) >= 11 is 1.77. The van der Waals surface area contributed by atoms with Crippen LogP contribution in [0, 0.1) is 6.92 Å². The monoisotopic (exact) mass is 371 g/mol. The predicted molar refractivity (Wildman–Crippen MR) is 101 cm³/mol. The maximum Gasteiger partial charge on any atom is 0.414 e. The highest BCUT2D eigenvalue weighted by Crippen LogP contribution is 2.37. The van der Waals surface area contributed by atoms with Gasteiger partial charge < -0.3 is 10.1 Å². The molecule has 2 aliphatic rings. The van der Waals surface area contributed by atoms with E-state index in [0.29, 0.717) is 6.54 Å². The van der Waals surface area contributed by atoms with Crippen molar-refractivity contribution in [1.29, 1.82) is 0 Å². The maximum absolute atomic E-state index is 12.2. The Morgan fingerprint density at radius 1 is 1.42 bits per heavy atom. The number of aromatic nitrogens is 1. The highest BCUT2D eigenvalue weighted by molar-refractivity contribution is 7.12. The number of hydrogen-bond donors (Lipinski definition) is 1. The summed E-state index contributed by atoms with van der Waals surface area (Å²) in [6.45, 7) is 4.18. The van der Waals surface area contributed by atoms with Crippen LogP contribution < -0.4 is 10.2 Å². The van der Waals surface area contributed by atoms with E-state index in [2.05, 4.69) is 17.4 Å². The van der Waals surface area contributed by atoms with Gasteiger partial charge in [0.2, 0.25) is 5.91 Å². The van der Waals surface area contributed by atoms with Gasteiger partial charge in [0.25, 0.3) is 0 Å². The number of hydrogen-bond acceptors (Lipinski definition) is 5. The quantitative estimate of drug-likeness (QED) is 0.900. The molecule has 1 N–H and O–H groups in total. The minimum absolute atomic E-state index is 0.113. The number of aryl methyl sites for hydroxylation is 3. The summed E-state index contributed by atoms with van der Waals surface area (Å²) in [6, 6.07) is 5.91. The Hall–Kier alpha value is -2.41. The van der Waals surface area contributed by atoms with Gasteiger partial charge in [-0.1, -0.05) is 6.07 Å². The normalized spacial score (nSPS) is 18.8. The first-order valence-electron chi connectivity index (χ1n) is 8.83. The molecule has 1 aliphatic heterocycles. The smallest absolute Gasteiger partial charge is 0.414 e. The molecule has 0 saturated carbocycles. The number of fused-ring (bicyclic) bond motifs is 3. The van der Waals surface area contributed by atoms with Crippen molar-refractivity contribution in [2.45, 2.75) is 39.2 Å². The van der Waals surface area contributed by atoms with Gasteiger partial charge in [0, 0.05) is 29.6 Å². The Morgan fingerprint density at radius 3 is 3.08 bits per heavy atom. The van der Waals surface area contributed by atoms with Crippen LogP contribution in [0.2, 0.25) is 0 Å². The molecule has 0 radical (unpaired) electrons. The van der Waals surface area contributed by atoms with E-state index in [1.807, 2.05) is 13.0 Å². The van der Waals surface area contributed by atoms with E-state index >= 15 is 0 Å². The van der Waals surface area contributed by atoms with E-state index < -0.39 is 0 Å². The van der Waals surface area contributed by atoms with Crippen molar-refractivity contribution in [2.75, 3.05) is 18.1 Å². The van der Waals surface area contributed by atoms with Crippen LogP contribution in [0.25, 0.3) is 11.3 Å². The van der Waals surface area contributed by atoms with E-state index in [4.69, 9.17) is 9.72 Å². The fourth-order valence-corrected chi connectivity index (χ4v) is 4.64. The Morgan fingerprint density at radius 2 is 2.27 bits per heavy atom. The molecule has 7 heteroatoms. The van der Waals surface area contributed by atoms with Gasteiger partial charge >= 0.3 is 6.09 Å². The standard InChI is InChI=1S/C19H21N3O3S/c1-11(23)20-9-15-10-25-19(24)22(15)14-6-7-16-13(8-14)4-3-5-17-18(16)21-12(2)26-17/h6-8,15H,3-5,9-10H2,1-2H3,(H,20,23)/t15-/m0/s1. The minimum atomic E-state index is -0.362. The van der Waals surface area contributed by atoms with Crippen LogP contribution in [0.5, 0.6) is 0 Å². The van der Waals surface area contributed by atoms with Gasteiger partial charge in [0.15, 0.2) is 0 Å². The van der Waals surface area contributed by atoms with E-state index in [1.54, 1.807) is 16.2 Å². The molecule has 2 heterocycles.